The van der Waals surface area contributed by atoms with Gasteiger partial charge in [-0.1, -0.05) is 6.07 Å². The van der Waals surface area contributed by atoms with Crippen LogP contribution in [-0.4, -0.2) is 85.1 Å². The minimum absolute atomic E-state index is 0.130. The summed E-state index contributed by atoms with van der Waals surface area (Å²) in [4.78, 5) is 28.1. The van der Waals surface area contributed by atoms with Gasteiger partial charge in [0.2, 0.25) is 11.8 Å². The van der Waals surface area contributed by atoms with Gasteiger partial charge in [0.15, 0.2) is 0 Å². The number of amides is 2. The fraction of sp³-hybridized carbons (Fsp3) is 0.619. The first-order valence-electron chi connectivity index (χ1n) is 10.8. The molecule has 3 aliphatic heterocycles. The highest BCUT2D eigenvalue weighted by Gasteiger charge is 2.39. The lowest BCUT2D eigenvalue weighted by atomic mass is 10.1. The molecule has 3 aliphatic rings. The van der Waals surface area contributed by atoms with Gasteiger partial charge in [0.1, 0.15) is 5.75 Å². The molecule has 0 unspecified atom stereocenters. The van der Waals surface area contributed by atoms with Crippen molar-refractivity contribution in [1.29, 1.82) is 0 Å². The second-order valence-corrected chi connectivity index (χ2v) is 8.29. The molecule has 0 bridgehead atoms. The van der Waals surface area contributed by atoms with Gasteiger partial charge < -0.3 is 14.4 Å². The molecule has 0 saturated carbocycles. The molecule has 8 nitrogen and oxygen atoms in total. The van der Waals surface area contributed by atoms with E-state index in [9.17, 15) is 22.8 Å². The molecule has 3 heterocycles. The number of nitrogens with zero attached hydrogens (tertiary/aromatic N) is 4. The van der Waals surface area contributed by atoms with Crippen molar-refractivity contribution in [2.24, 2.45) is 0 Å². The van der Waals surface area contributed by atoms with Gasteiger partial charge in [-0.15, -0.1) is 13.2 Å². The van der Waals surface area contributed by atoms with Crippen LogP contribution in [0.25, 0.3) is 0 Å². The normalized spacial score (nSPS) is 23.8. The number of carbonyl (C=O) groups is 2. The summed E-state index contributed by atoms with van der Waals surface area (Å²) in [7, 11) is 0. The topological polar surface area (TPSA) is 65.6 Å². The molecule has 1 aromatic carbocycles. The Morgan fingerprint density at radius 1 is 1.06 bits per heavy atom. The third-order valence-corrected chi connectivity index (χ3v) is 6.01. The molecule has 32 heavy (non-hydrogen) atoms. The fourth-order valence-electron chi connectivity index (χ4n) is 4.47. The molecule has 0 radical (unpaired) electrons. The van der Waals surface area contributed by atoms with E-state index in [0.717, 1.165) is 0 Å². The first kappa shape index (κ1) is 22.8. The Bertz CT molecular complexity index is 844. The highest BCUT2D eigenvalue weighted by molar-refractivity contribution is 6.01. The van der Waals surface area contributed by atoms with Crippen molar-refractivity contribution >= 4 is 17.5 Å². The fourth-order valence-corrected chi connectivity index (χ4v) is 4.47. The van der Waals surface area contributed by atoms with E-state index >= 15 is 0 Å². The number of alkyl halides is 3. The molecule has 3 fully saturated rings. The van der Waals surface area contributed by atoms with Crippen LogP contribution in [0.15, 0.2) is 18.2 Å². The predicted molar refractivity (Wildman–Crippen MR) is 109 cm³/mol. The second kappa shape index (κ2) is 9.24. The maximum Gasteiger partial charge on any atom is 0.573 e. The van der Waals surface area contributed by atoms with Gasteiger partial charge >= 0.3 is 6.36 Å². The van der Waals surface area contributed by atoms with Gasteiger partial charge in [-0.25, -0.2) is 10.0 Å². The first-order valence-corrected chi connectivity index (χ1v) is 10.8. The zero-order valence-electron chi connectivity index (χ0n) is 17.9. The molecule has 1 aromatic rings. The predicted octanol–water partition coefficient (Wildman–Crippen LogP) is 1.99. The molecule has 0 aromatic heterocycles. The van der Waals surface area contributed by atoms with Crippen molar-refractivity contribution in [3.63, 3.8) is 0 Å². The summed E-state index contributed by atoms with van der Waals surface area (Å²) < 4.78 is 48.9. The molecule has 11 heteroatoms. The zero-order valence-corrected chi connectivity index (χ0v) is 17.9. The van der Waals surface area contributed by atoms with E-state index in [1.165, 1.54) is 11.1 Å². The maximum absolute atomic E-state index is 13.1. The zero-order chi connectivity index (χ0) is 22.9. The number of hydrogen-bond acceptors (Lipinski definition) is 7. The molecule has 3 saturated heterocycles. The molecule has 1 atom stereocenters. The van der Waals surface area contributed by atoms with Crippen LogP contribution in [0.2, 0.25) is 0 Å². The standard InChI is InChI=1S/C21H27F3N4O4/c1-15-13-25(6-7-27(15)28-19(29)4-5-20(28)30)14-16-2-3-17(26-8-10-31-11-9-26)12-18(16)32-21(22,23)24/h2-3,12,15H,4-11,13-14H2,1H3/t15-/m0/s1. The molecule has 0 spiro atoms. The Kier molecular flexibility index (Phi) is 6.59. The van der Waals surface area contributed by atoms with Crippen LogP contribution in [0.5, 0.6) is 5.75 Å². The Balaban J connectivity index is 1.47. The number of hydrazine groups is 1. The van der Waals surface area contributed by atoms with Crippen molar-refractivity contribution in [2.75, 3.05) is 50.8 Å². The van der Waals surface area contributed by atoms with Crippen LogP contribution < -0.4 is 9.64 Å². The number of imide groups is 1. The van der Waals surface area contributed by atoms with Crippen LogP contribution in [0.3, 0.4) is 0 Å². The number of rotatable bonds is 5. The van der Waals surface area contributed by atoms with Gasteiger partial charge in [-0.05, 0) is 13.0 Å². The summed E-state index contributed by atoms with van der Waals surface area (Å²) in [5, 5.41) is 3.00. The van der Waals surface area contributed by atoms with E-state index in [0.29, 0.717) is 57.2 Å². The van der Waals surface area contributed by atoms with E-state index in [2.05, 4.69) is 4.74 Å². The molecule has 0 aliphatic carbocycles. The van der Waals surface area contributed by atoms with Gasteiger partial charge in [0.25, 0.3) is 0 Å². The summed E-state index contributed by atoms with van der Waals surface area (Å²) in [6, 6.07) is 4.80. The van der Waals surface area contributed by atoms with E-state index in [-0.39, 0.29) is 43.0 Å². The van der Waals surface area contributed by atoms with Crippen molar-refractivity contribution in [2.45, 2.75) is 38.7 Å². The van der Waals surface area contributed by atoms with Crippen molar-refractivity contribution in [1.82, 2.24) is 14.9 Å². The Hall–Kier alpha value is -2.37. The van der Waals surface area contributed by atoms with Gasteiger partial charge in [0, 0.05) is 75.5 Å². The maximum atomic E-state index is 13.1. The lowest BCUT2D eigenvalue weighted by molar-refractivity contribution is -0.275. The van der Waals surface area contributed by atoms with Crippen LogP contribution in [0.1, 0.15) is 25.3 Å². The monoisotopic (exact) mass is 456 g/mol. The number of carbonyl (C=O) groups excluding carboxylic acids is 2. The van der Waals surface area contributed by atoms with Crippen molar-refractivity contribution < 1.29 is 32.2 Å². The SMILES string of the molecule is C[C@H]1CN(Cc2ccc(N3CCOCC3)cc2OC(F)(F)F)CCN1N1C(=O)CCC1=O. The summed E-state index contributed by atoms with van der Waals surface area (Å²) in [5.41, 5.74) is 1.11. The number of ether oxygens (including phenoxy) is 2. The van der Waals surface area contributed by atoms with E-state index in [1.807, 2.05) is 22.8 Å². The van der Waals surface area contributed by atoms with Crippen LogP contribution in [0, 0.1) is 0 Å². The summed E-state index contributed by atoms with van der Waals surface area (Å²) >= 11 is 0. The number of hydrogen-bond donors (Lipinski definition) is 0. The van der Waals surface area contributed by atoms with Crippen molar-refractivity contribution in [3.8, 4) is 5.75 Å². The molecule has 4 rings (SSSR count). The minimum Gasteiger partial charge on any atom is -0.405 e. The average molecular weight is 456 g/mol. The highest BCUT2D eigenvalue weighted by atomic mass is 19.4. The molecular formula is C21H27F3N4O4. The quantitative estimate of drug-likeness (QED) is 0.628. The molecule has 2 amide bonds. The van der Waals surface area contributed by atoms with E-state index in [4.69, 9.17) is 4.74 Å². The van der Waals surface area contributed by atoms with E-state index in [1.54, 1.807) is 11.1 Å². The van der Waals surface area contributed by atoms with Gasteiger partial charge in [-0.2, -0.15) is 0 Å². The van der Waals surface area contributed by atoms with Crippen LogP contribution in [0.4, 0.5) is 18.9 Å². The molecular weight excluding hydrogens is 429 g/mol. The van der Waals surface area contributed by atoms with E-state index < -0.39 is 6.36 Å². The summed E-state index contributed by atoms with van der Waals surface area (Å²) in [6.45, 7) is 5.92. The number of benzene rings is 1. The first-order chi connectivity index (χ1) is 15.2. The van der Waals surface area contributed by atoms with Crippen molar-refractivity contribution in [3.05, 3.63) is 23.8 Å². The van der Waals surface area contributed by atoms with Gasteiger partial charge in [-0.3, -0.25) is 14.5 Å². The minimum atomic E-state index is -4.79. The van der Waals surface area contributed by atoms with Crippen LogP contribution >= 0.6 is 0 Å². The Morgan fingerprint density at radius 3 is 2.38 bits per heavy atom. The third kappa shape index (κ3) is 5.16. The average Bonchev–Trinajstić information content (AvgIpc) is 3.07. The summed E-state index contributed by atoms with van der Waals surface area (Å²) in [6.07, 6.45) is -4.35. The lowest BCUT2D eigenvalue weighted by Crippen LogP contribution is -2.59. The Morgan fingerprint density at radius 2 is 1.75 bits per heavy atom. The summed E-state index contributed by atoms with van der Waals surface area (Å²) in [5.74, 6) is -0.605. The Labute approximate surface area is 184 Å². The third-order valence-electron chi connectivity index (χ3n) is 6.01. The smallest absolute Gasteiger partial charge is 0.405 e. The van der Waals surface area contributed by atoms with Gasteiger partial charge in [0.05, 0.1) is 13.2 Å². The number of morpholine rings is 1. The number of piperazine rings is 1. The largest absolute Gasteiger partial charge is 0.573 e. The number of halogens is 3. The second-order valence-electron chi connectivity index (χ2n) is 8.29. The molecule has 176 valence electrons. The number of anilines is 1. The molecule has 0 N–H and O–H groups in total. The lowest BCUT2D eigenvalue weighted by Gasteiger charge is -2.43. The van der Waals surface area contributed by atoms with Crippen LogP contribution in [-0.2, 0) is 20.9 Å². The highest BCUT2D eigenvalue weighted by Crippen LogP contribution is 2.32.